The van der Waals surface area contributed by atoms with Crippen LogP contribution >= 0.6 is 0 Å². The van der Waals surface area contributed by atoms with E-state index in [1.807, 2.05) is 60.7 Å². The highest BCUT2D eigenvalue weighted by atomic mass is 16.5. The maximum Gasteiger partial charge on any atom is 0.241 e. The van der Waals surface area contributed by atoms with E-state index in [2.05, 4.69) is 22.2 Å². The van der Waals surface area contributed by atoms with Crippen molar-refractivity contribution in [2.75, 3.05) is 0 Å². The van der Waals surface area contributed by atoms with E-state index in [1.54, 1.807) is 25.5 Å². The minimum absolute atomic E-state index is 0.361. The number of hydrogen-bond acceptors (Lipinski definition) is 5. The van der Waals surface area contributed by atoms with Crippen LogP contribution in [-0.2, 0) is 6.61 Å². The standard InChI is InChI=1S/C26H22N4O2/c1-18(31)30-16-23(20-12-14-27-15-13-20)26(29-30)32-17-19-6-8-22(9-7-19)25-11-10-21-4-2-3-5-24(21)28-25/h2-16,18,31H,17H2,1H3. The maximum atomic E-state index is 9.93. The Morgan fingerprint density at radius 3 is 2.47 bits per heavy atom. The molecule has 1 unspecified atom stereocenters. The first-order valence-electron chi connectivity index (χ1n) is 10.4. The van der Waals surface area contributed by atoms with Gasteiger partial charge in [0.15, 0.2) is 0 Å². The summed E-state index contributed by atoms with van der Waals surface area (Å²) in [6, 6.07) is 24.2. The molecule has 5 aromatic rings. The lowest BCUT2D eigenvalue weighted by molar-refractivity contribution is 0.108. The molecule has 32 heavy (non-hydrogen) atoms. The van der Waals surface area contributed by atoms with Crippen LogP contribution in [0.3, 0.4) is 0 Å². The van der Waals surface area contributed by atoms with Crippen LogP contribution in [-0.4, -0.2) is 24.9 Å². The van der Waals surface area contributed by atoms with Gasteiger partial charge in [-0.25, -0.2) is 9.67 Å². The summed E-state index contributed by atoms with van der Waals surface area (Å²) in [5.41, 5.74) is 5.73. The van der Waals surface area contributed by atoms with E-state index in [9.17, 15) is 5.11 Å². The molecule has 2 aromatic carbocycles. The van der Waals surface area contributed by atoms with Crippen LogP contribution in [0.4, 0.5) is 0 Å². The van der Waals surface area contributed by atoms with Crippen LogP contribution in [0.25, 0.3) is 33.3 Å². The zero-order valence-corrected chi connectivity index (χ0v) is 17.6. The molecule has 6 heteroatoms. The van der Waals surface area contributed by atoms with Crippen molar-refractivity contribution in [3.05, 3.63) is 97.0 Å². The number of rotatable bonds is 6. The Bertz CT molecular complexity index is 1350. The third-order valence-electron chi connectivity index (χ3n) is 5.30. The Balaban J connectivity index is 1.35. The number of aromatic nitrogens is 4. The van der Waals surface area contributed by atoms with Crippen molar-refractivity contribution in [3.8, 4) is 28.3 Å². The van der Waals surface area contributed by atoms with E-state index in [0.717, 1.165) is 38.9 Å². The monoisotopic (exact) mass is 422 g/mol. The summed E-state index contributed by atoms with van der Waals surface area (Å²) in [5.74, 6) is 0.470. The van der Waals surface area contributed by atoms with Gasteiger partial charge in [-0.3, -0.25) is 4.98 Å². The summed E-state index contributed by atoms with van der Waals surface area (Å²) in [7, 11) is 0. The Kier molecular flexibility index (Phi) is 5.35. The van der Waals surface area contributed by atoms with Gasteiger partial charge in [-0.2, -0.15) is 0 Å². The van der Waals surface area contributed by atoms with Gasteiger partial charge >= 0.3 is 0 Å². The molecule has 5 rings (SSSR count). The van der Waals surface area contributed by atoms with Crippen molar-refractivity contribution in [1.29, 1.82) is 0 Å². The van der Waals surface area contributed by atoms with Crippen molar-refractivity contribution < 1.29 is 9.84 Å². The van der Waals surface area contributed by atoms with Crippen LogP contribution in [0.5, 0.6) is 5.88 Å². The Labute approximate surface area is 185 Å². The largest absolute Gasteiger partial charge is 0.471 e. The molecule has 0 amide bonds. The highest BCUT2D eigenvalue weighted by Crippen LogP contribution is 2.30. The lowest BCUT2D eigenvalue weighted by Gasteiger charge is -2.08. The molecule has 0 bridgehead atoms. The normalized spacial score (nSPS) is 12.1. The summed E-state index contributed by atoms with van der Waals surface area (Å²) in [4.78, 5) is 8.82. The van der Waals surface area contributed by atoms with Crippen molar-refractivity contribution in [2.24, 2.45) is 0 Å². The molecular weight excluding hydrogens is 400 g/mol. The summed E-state index contributed by atoms with van der Waals surface area (Å²) in [6.07, 6.45) is 4.47. The van der Waals surface area contributed by atoms with Crippen LogP contribution in [0.2, 0.25) is 0 Å². The molecule has 1 atom stereocenters. The molecule has 0 radical (unpaired) electrons. The molecule has 158 valence electrons. The van der Waals surface area contributed by atoms with E-state index in [4.69, 9.17) is 9.72 Å². The zero-order chi connectivity index (χ0) is 21.9. The van der Waals surface area contributed by atoms with Gasteiger partial charge in [-0.15, -0.1) is 5.10 Å². The predicted octanol–water partition coefficient (Wildman–Crippen LogP) is 5.25. The van der Waals surface area contributed by atoms with Crippen molar-refractivity contribution in [2.45, 2.75) is 19.8 Å². The first-order valence-corrected chi connectivity index (χ1v) is 10.4. The number of benzene rings is 2. The summed E-state index contributed by atoms with van der Waals surface area (Å²) >= 11 is 0. The molecule has 6 nitrogen and oxygen atoms in total. The average molecular weight is 422 g/mol. The van der Waals surface area contributed by atoms with Crippen molar-refractivity contribution >= 4 is 10.9 Å². The van der Waals surface area contributed by atoms with Gasteiger partial charge in [-0.1, -0.05) is 48.5 Å². The number of aliphatic hydroxyl groups excluding tert-OH is 1. The molecule has 0 fully saturated rings. The number of fused-ring (bicyclic) bond motifs is 1. The summed E-state index contributed by atoms with van der Waals surface area (Å²) in [5, 5.41) is 15.5. The van der Waals surface area contributed by atoms with Gasteiger partial charge < -0.3 is 9.84 Å². The molecule has 0 aliphatic rings. The van der Waals surface area contributed by atoms with Crippen LogP contribution < -0.4 is 4.74 Å². The number of para-hydroxylation sites is 1. The Morgan fingerprint density at radius 2 is 1.69 bits per heavy atom. The fourth-order valence-corrected chi connectivity index (χ4v) is 3.55. The first kappa shape index (κ1) is 19.9. The fourth-order valence-electron chi connectivity index (χ4n) is 3.55. The van der Waals surface area contributed by atoms with Gasteiger partial charge in [0.2, 0.25) is 5.88 Å². The number of nitrogens with zero attached hydrogens (tertiary/aromatic N) is 4. The van der Waals surface area contributed by atoms with Gasteiger partial charge in [0.25, 0.3) is 0 Å². The second-order valence-electron chi connectivity index (χ2n) is 7.57. The molecule has 3 heterocycles. The molecule has 0 saturated heterocycles. The van der Waals surface area contributed by atoms with Crippen molar-refractivity contribution in [1.82, 2.24) is 19.7 Å². The molecule has 1 N–H and O–H groups in total. The third-order valence-corrected chi connectivity index (χ3v) is 5.30. The van der Waals surface area contributed by atoms with Crippen LogP contribution in [0, 0.1) is 0 Å². The average Bonchev–Trinajstić information content (AvgIpc) is 3.28. The molecule has 0 saturated carbocycles. The molecule has 0 aliphatic heterocycles. The fraction of sp³-hybridized carbons (Fsp3) is 0.115. The molecule has 0 aliphatic carbocycles. The van der Waals surface area contributed by atoms with Gasteiger partial charge in [0.1, 0.15) is 12.8 Å². The lowest BCUT2D eigenvalue weighted by atomic mass is 10.1. The first-order chi connectivity index (χ1) is 15.7. The van der Waals surface area contributed by atoms with Gasteiger partial charge in [-0.05, 0) is 42.3 Å². The zero-order valence-electron chi connectivity index (χ0n) is 17.6. The SMILES string of the molecule is CC(O)n1cc(-c2ccncc2)c(OCc2ccc(-c3ccc4ccccc4n3)cc2)n1. The number of aliphatic hydroxyl groups is 1. The number of hydrogen-bond donors (Lipinski definition) is 1. The van der Waals surface area contributed by atoms with Crippen molar-refractivity contribution in [3.63, 3.8) is 0 Å². The van der Waals surface area contributed by atoms with Gasteiger partial charge in [0, 0.05) is 29.5 Å². The Morgan fingerprint density at radius 1 is 0.906 bits per heavy atom. The molecule has 0 spiro atoms. The predicted molar refractivity (Wildman–Crippen MR) is 124 cm³/mol. The summed E-state index contributed by atoms with van der Waals surface area (Å²) < 4.78 is 7.52. The number of ether oxygens (including phenoxy) is 1. The highest BCUT2D eigenvalue weighted by molar-refractivity contribution is 5.81. The quantitative estimate of drug-likeness (QED) is 0.405. The number of pyridine rings is 2. The second kappa shape index (κ2) is 8.61. The minimum Gasteiger partial charge on any atom is -0.471 e. The topological polar surface area (TPSA) is 73.1 Å². The summed E-state index contributed by atoms with van der Waals surface area (Å²) in [6.45, 7) is 2.02. The maximum absolute atomic E-state index is 9.93. The van der Waals surface area contributed by atoms with Gasteiger partial charge in [0.05, 0.1) is 16.8 Å². The third kappa shape index (κ3) is 4.08. The smallest absolute Gasteiger partial charge is 0.241 e. The highest BCUT2D eigenvalue weighted by Gasteiger charge is 2.15. The lowest BCUT2D eigenvalue weighted by Crippen LogP contribution is -2.04. The van der Waals surface area contributed by atoms with E-state index in [1.165, 1.54) is 4.68 Å². The van der Waals surface area contributed by atoms with Crippen LogP contribution in [0.15, 0.2) is 91.4 Å². The van der Waals surface area contributed by atoms with E-state index in [0.29, 0.717) is 12.5 Å². The Hall–Kier alpha value is -4.03. The van der Waals surface area contributed by atoms with Crippen LogP contribution in [0.1, 0.15) is 18.7 Å². The van der Waals surface area contributed by atoms with E-state index >= 15 is 0 Å². The van der Waals surface area contributed by atoms with E-state index in [-0.39, 0.29) is 0 Å². The second-order valence-corrected chi connectivity index (χ2v) is 7.57. The molecular formula is C26H22N4O2. The minimum atomic E-state index is -0.748. The van der Waals surface area contributed by atoms with E-state index < -0.39 is 6.23 Å². The molecule has 3 aromatic heterocycles.